The monoisotopic (exact) mass is 263 g/mol. The first-order chi connectivity index (χ1) is 9.08. The van der Waals surface area contributed by atoms with Crippen LogP contribution in [0.4, 0.5) is 0 Å². The molecule has 1 heterocycles. The van der Waals surface area contributed by atoms with Crippen LogP contribution in [0.5, 0.6) is 5.75 Å². The van der Waals surface area contributed by atoms with Crippen molar-refractivity contribution in [2.45, 2.75) is 32.9 Å². The smallest absolute Gasteiger partial charge is 0.261 e. The highest BCUT2D eigenvalue weighted by atomic mass is 16.5. The summed E-state index contributed by atoms with van der Waals surface area (Å²) in [6.45, 7) is 7.30. The second-order valence-corrected chi connectivity index (χ2v) is 5.14. The van der Waals surface area contributed by atoms with E-state index in [2.05, 4.69) is 0 Å². The molecule has 0 aromatic heterocycles. The number of morpholine rings is 1. The zero-order valence-corrected chi connectivity index (χ0v) is 11.8. The predicted octanol–water partition coefficient (Wildman–Crippen LogP) is 2.01. The Morgan fingerprint density at radius 1 is 1.26 bits per heavy atom. The Kier molecular flexibility index (Phi) is 4.43. The van der Waals surface area contributed by atoms with E-state index in [-0.39, 0.29) is 24.6 Å². The van der Waals surface area contributed by atoms with Gasteiger partial charge in [0.2, 0.25) is 0 Å². The van der Waals surface area contributed by atoms with Gasteiger partial charge in [-0.25, -0.2) is 0 Å². The average molecular weight is 263 g/mol. The van der Waals surface area contributed by atoms with Crippen molar-refractivity contribution in [1.82, 2.24) is 4.90 Å². The van der Waals surface area contributed by atoms with E-state index in [4.69, 9.17) is 9.47 Å². The number of aryl methyl sites for hydroxylation is 1. The van der Waals surface area contributed by atoms with Gasteiger partial charge in [0, 0.05) is 0 Å². The lowest BCUT2D eigenvalue weighted by atomic mass is 10.2. The van der Waals surface area contributed by atoms with Crippen molar-refractivity contribution in [3.05, 3.63) is 29.8 Å². The summed E-state index contributed by atoms with van der Waals surface area (Å²) in [7, 11) is 0. The molecule has 4 heteroatoms. The molecule has 0 N–H and O–H groups in total. The number of carbonyl (C=O) groups excluding carboxylic acids is 1. The molecular weight excluding hydrogens is 242 g/mol. The molecule has 1 aliphatic rings. The first-order valence-corrected chi connectivity index (χ1v) is 6.66. The third-order valence-corrected chi connectivity index (χ3v) is 3.34. The topological polar surface area (TPSA) is 38.8 Å². The SMILES string of the molecule is Cc1ccc(OCC(=O)N2C(C)COCC2C)cc1. The van der Waals surface area contributed by atoms with Gasteiger partial charge in [-0.3, -0.25) is 4.79 Å². The third kappa shape index (κ3) is 3.47. The fourth-order valence-corrected chi connectivity index (χ4v) is 2.35. The lowest BCUT2D eigenvalue weighted by molar-refractivity contribution is -0.146. The van der Waals surface area contributed by atoms with Gasteiger partial charge in [0.05, 0.1) is 25.3 Å². The number of benzene rings is 1. The fourth-order valence-electron chi connectivity index (χ4n) is 2.35. The Hall–Kier alpha value is -1.55. The molecule has 1 fully saturated rings. The molecule has 2 rings (SSSR count). The van der Waals surface area contributed by atoms with Crippen LogP contribution in [0.25, 0.3) is 0 Å². The molecule has 1 amide bonds. The number of amides is 1. The van der Waals surface area contributed by atoms with E-state index in [1.54, 1.807) is 0 Å². The van der Waals surface area contributed by atoms with E-state index < -0.39 is 0 Å². The maximum Gasteiger partial charge on any atom is 0.261 e. The zero-order chi connectivity index (χ0) is 13.8. The molecule has 0 bridgehead atoms. The molecule has 104 valence electrons. The van der Waals surface area contributed by atoms with Crippen LogP contribution in [0.1, 0.15) is 19.4 Å². The second-order valence-electron chi connectivity index (χ2n) is 5.14. The Morgan fingerprint density at radius 2 is 1.84 bits per heavy atom. The third-order valence-electron chi connectivity index (χ3n) is 3.34. The summed E-state index contributed by atoms with van der Waals surface area (Å²) >= 11 is 0. The van der Waals surface area contributed by atoms with Gasteiger partial charge in [0.15, 0.2) is 6.61 Å². The quantitative estimate of drug-likeness (QED) is 0.837. The number of hydrogen-bond donors (Lipinski definition) is 0. The molecule has 0 spiro atoms. The highest BCUT2D eigenvalue weighted by Crippen LogP contribution is 2.15. The van der Waals surface area contributed by atoms with E-state index in [0.717, 1.165) is 5.75 Å². The number of nitrogens with zero attached hydrogens (tertiary/aromatic N) is 1. The van der Waals surface area contributed by atoms with Gasteiger partial charge in [0.1, 0.15) is 5.75 Å². The molecule has 0 saturated carbocycles. The lowest BCUT2D eigenvalue weighted by Crippen LogP contribution is -2.53. The second kappa shape index (κ2) is 6.06. The van der Waals surface area contributed by atoms with Gasteiger partial charge in [-0.1, -0.05) is 17.7 Å². The van der Waals surface area contributed by atoms with E-state index in [1.165, 1.54) is 5.56 Å². The van der Waals surface area contributed by atoms with Crippen molar-refractivity contribution in [1.29, 1.82) is 0 Å². The Morgan fingerprint density at radius 3 is 2.42 bits per heavy atom. The van der Waals surface area contributed by atoms with Crippen molar-refractivity contribution in [2.24, 2.45) is 0 Å². The summed E-state index contributed by atoms with van der Waals surface area (Å²) < 4.78 is 11.0. The molecular formula is C15H21NO3. The molecule has 2 atom stereocenters. The molecule has 1 saturated heterocycles. The van der Waals surface area contributed by atoms with Crippen LogP contribution in [-0.2, 0) is 9.53 Å². The van der Waals surface area contributed by atoms with Crippen LogP contribution in [0, 0.1) is 6.92 Å². The molecule has 4 nitrogen and oxygen atoms in total. The minimum Gasteiger partial charge on any atom is -0.484 e. The number of ether oxygens (including phenoxy) is 2. The van der Waals surface area contributed by atoms with E-state index in [1.807, 2.05) is 49.9 Å². The van der Waals surface area contributed by atoms with Crippen molar-refractivity contribution in [3.8, 4) is 5.75 Å². The van der Waals surface area contributed by atoms with Crippen molar-refractivity contribution >= 4 is 5.91 Å². The normalized spacial score (nSPS) is 23.2. The summed E-state index contributed by atoms with van der Waals surface area (Å²) in [6.07, 6.45) is 0. The summed E-state index contributed by atoms with van der Waals surface area (Å²) in [5.74, 6) is 0.747. The first kappa shape index (κ1) is 13.9. The first-order valence-electron chi connectivity index (χ1n) is 6.66. The Bertz CT molecular complexity index is 420. The minimum absolute atomic E-state index is 0.0175. The molecule has 0 radical (unpaired) electrons. The van der Waals surface area contributed by atoms with Crippen molar-refractivity contribution < 1.29 is 14.3 Å². The van der Waals surface area contributed by atoms with Crippen LogP contribution in [0.2, 0.25) is 0 Å². The van der Waals surface area contributed by atoms with E-state index in [9.17, 15) is 4.79 Å². The highest BCUT2D eigenvalue weighted by Gasteiger charge is 2.29. The number of carbonyl (C=O) groups is 1. The number of rotatable bonds is 3. The van der Waals surface area contributed by atoms with Crippen molar-refractivity contribution in [3.63, 3.8) is 0 Å². The maximum absolute atomic E-state index is 12.2. The van der Waals surface area contributed by atoms with Crippen LogP contribution < -0.4 is 4.74 Å². The van der Waals surface area contributed by atoms with Gasteiger partial charge in [0.25, 0.3) is 5.91 Å². The van der Waals surface area contributed by atoms with Crippen LogP contribution in [-0.4, -0.2) is 42.7 Å². The largest absolute Gasteiger partial charge is 0.484 e. The predicted molar refractivity (Wildman–Crippen MR) is 73.3 cm³/mol. The van der Waals surface area contributed by atoms with E-state index in [0.29, 0.717) is 13.2 Å². The molecule has 1 aliphatic heterocycles. The molecule has 2 unspecified atom stereocenters. The molecule has 0 aliphatic carbocycles. The summed E-state index contributed by atoms with van der Waals surface area (Å²) in [4.78, 5) is 14.1. The fraction of sp³-hybridized carbons (Fsp3) is 0.533. The van der Waals surface area contributed by atoms with E-state index >= 15 is 0 Å². The Labute approximate surface area is 114 Å². The highest BCUT2D eigenvalue weighted by molar-refractivity contribution is 5.78. The molecule has 19 heavy (non-hydrogen) atoms. The van der Waals surface area contributed by atoms with Gasteiger partial charge < -0.3 is 14.4 Å². The summed E-state index contributed by atoms with van der Waals surface area (Å²) in [5.41, 5.74) is 1.18. The van der Waals surface area contributed by atoms with Gasteiger partial charge in [-0.05, 0) is 32.9 Å². The lowest BCUT2D eigenvalue weighted by Gasteiger charge is -2.38. The standard InChI is InChI=1S/C15H21NO3/c1-11-4-6-14(7-5-11)19-10-15(17)16-12(2)8-18-9-13(16)3/h4-7,12-13H,8-10H2,1-3H3. The van der Waals surface area contributed by atoms with Crippen LogP contribution in [0.3, 0.4) is 0 Å². The van der Waals surface area contributed by atoms with Crippen LogP contribution in [0.15, 0.2) is 24.3 Å². The Balaban J connectivity index is 1.91. The summed E-state index contributed by atoms with van der Waals surface area (Å²) in [6, 6.07) is 7.93. The minimum atomic E-state index is 0.0175. The van der Waals surface area contributed by atoms with Gasteiger partial charge in [-0.2, -0.15) is 0 Å². The van der Waals surface area contributed by atoms with Gasteiger partial charge in [-0.15, -0.1) is 0 Å². The van der Waals surface area contributed by atoms with Crippen LogP contribution >= 0.6 is 0 Å². The summed E-state index contributed by atoms with van der Waals surface area (Å²) in [5, 5.41) is 0. The molecule has 1 aromatic rings. The number of hydrogen-bond acceptors (Lipinski definition) is 3. The average Bonchev–Trinajstić information content (AvgIpc) is 2.38. The zero-order valence-electron chi connectivity index (χ0n) is 11.8. The van der Waals surface area contributed by atoms with Gasteiger partial charge >= 0.3 is 0 Å². The molecule has 1 aromatic carbocycles. The maximum atomic E-state index is 12.2. The van der Waals surface area contributed by atoms with Crippen molar-refractivity contribution in [2.75, 3.05) is 19.8 Å².